The SMILES string of the molecule is O=C(CCc1ccccc1F)N1CCN(c2ccc([N+](=O)[O-])cc2)CC1. The van der Waals surface area contributed by atoms with Gasteiger partial charge in [-0.15, -0.1) is 0 Å². The summed E-state index contributed by atoms with van der Waals surface area (Å²) in [5.41, 5.74) is 1.54. The highest BCUT2D eigenvalue weighted by atomic mass is 19.1. The van der Waals surface area contributed by atoms with Crippen molar-refractivity contribution in [2.45, 2.75) is 12.8 Å². The van der Waals surface area contributed by atoms with Gasteiger partial charge in [0, 0.05) is 50.4 Å². The zero-order chi connectivity index (χ0) is 18.5. The lowest BCUT2D eigenvalue weighted by atomic mass is 10.1. The van der Waals surface area contributed by atoms with Crippen LogP contribution in [0.5, 0.6) is 0 Å². The van der Waals surface area contributed by atoms with Crippen LogP contribution >= 0.6 is 0 Å². The van der Waals surface area contributed by atoms with E-state index in [1.54, 1.807) is 35.2 Å². The molecule has 2 aromatic rings. The molecule has 3 rings (SSSR count). The molecule has 6 nitrogen and oxygen atoms in total. The summed E-state index contributed by atoms with van der Waals surface area (Å²) in [5.74, 6) is -0.250. The Morgan fingerprint density at radius 3 is 2.31 bits per heavy atom. The highest BCUT2D eigenvalue weighted by molar-refractivity contribution is 5.76. The number of nitro benzene ring substituents is 1. The maximum absolute atomic E-state index is 13.6. The lowest BCUT2D eigenvalue weighted by Crippen LogP contribution is -2.48. The van der Waals surface area contributed by atoms with Crippen molar-refractivity contribution in [3.8, 4) is 0 Å². The number of carbonyl (C=O) groups excluding carboxylic acids is 1. The van der Waals surface area contributed by atoms with Gasteiger partial charge in [-0.2, -0.15) is 0 Å². The first kappa shape index (κ1) is 17.8. The minimum absolute atomic E-state index is 0.0246. The molecule has 1 aliphatic heterocycles. The lowest BCUT2D eigenvalue weighted by Gasteiger charge is -2.36. The van der Waals surface area contributed by atoms with Gasteiger partial charge in [-0.25, -0.2) is 4.39 Å². The Bertz CT molecular complexity index is 787. The Morgan fingerprint density at radius 1 is 1.04 bits per heavy atom. The number of rotatable bonds is 5. The molecular weight excluding hydrogens is 337 g/mol. The number of hydrogen-bond donors (Lipinski definition) is 0. The van der Waals surface area contributed by atoms with Gasteiger partial charge < -0.3 is 9.80 Å². The van der Waals surface area contributed by atoms with E-state index in [2.05, 4.69) is 4.90 Å². The third-order valence-electron chi connectivity index (χ3n) is 4.62. The Hall–Kier alpha value is -2.96. The Morgan fingerprint density at radius 2 is 1.69 bits per heavy atom. The number of nitro groups is 1. The fourth-order valence-electron chi connectivity index (χ4n) is 3.10. The lowest BCUT2D eigenvalue weighted by molar-refractivity contribution is -0.384. The van der Waals surface area contributed by atoms with Crippen molar-refractivity contribution in [3.63, 3.8) is 0 Å². The first-order valence-corrected chi connectivity index (χ1v) is 8.55. The Balaban J connectivity index is 1.50. The quantitative estimate of drug-likeness (QED) is 0.609. The number of amides is 1. The molecule has 1 fully saturated rings. The van der Waals surface area contributed by atoms with Crippen molar-refractivity contribution in [3.05, 3.63) is 70.0 Å². The Labute approximate surface area is 151 Å². The molecule has 2 aromatic carbocycles. The van der Waals surface area contributed by atoms with E-state index in [1.807, 2.05) is 0 Å². The minimum atomic E-state index is -0.421. The number of anilines is 1. The number of carbonyl (C=O) groups is 1. The van der Waals surface area contributed by atoms with Crippen molar-refractivity contribution in [1.82, 2.24) is 4.90 Å². The molecule has 1 aliphatic rings. The van der Waals surface area contributed by atoms with Crippen LogP contribution in [0.4, 0.5) is 15.8 Å². The van der Waals surface area contributed by atoms with Crippen molar-refractivity contribution < 1.29 is 14.1 Å². The van der Waals surface area contributed by atoms with E-state index in [0.29, 0.717) is 44.6 Å². The van der Waals surface area contributed by atoms with Crippen LogP contribution in [0.3, 0.4) is 0 Å². The van der Waals surface area contributed by atoms with Gasteiger partial charge in [-0.3, -0.25) is 14.9 Å². The molecule has 7 heteroatoms. The van der Waals surface area contributed by atoms with E-state index in [0.717, 1.165) is 5.69 Å². The third-order valence-corrected chi connectivity index (χ3v) is 4.62. The molecule has 0 unspecified atom stereocenters. The predicted molar refractivity (Wildman–Crippen MR) is 96.6 cm³/mol. The zero-order valence-electron chi connectivity index (χ0n) is 14.3. The summed E-state index contributed by atoms with van der Waals surface area (Å²) >= 11 is 0. The standard InChI is InChI=1S/C19H20FN3O3/c20-18-4-2-1-3-15(18)5-10-19(24)22-13-11-21(12-14-22)16-6-8-17(9-7-16)23(25)26/h1-4,6-9H,5,10-14H2. The molecule has 1 saturated heterocycles. The average Bonchev–Trinajstić information content (AvgIpc) is 2.67. The van der Waals surface area contributed by atoms with Crippen LogP contribution in [0, 0.1) is 15.9 Å². The average molecular weight is 357 g/mol. The molecule has 1 heterocycles. The van der Waals surface area contributed by atoms with Gasteiger partial charge in [0.15, 0.2) is 0 Å². The van der Waals surface area contributed by atoms with E-state index in [1.165, 1.54) is 18.2 Å². The van der Waals surface area contributed by atoms with Crippen LogP contribution < -0.4 is 4.90 Å². The fraction of sp³-hybridized carbons (Fsp3) is 0.316. The summed E-state index contributed by atoms with van der Waals surface area (Å²) in [7, 11) is 0. The van der Waals surface area contributed by atoms with Gasteiger partial charge in [0.1, 0.15) is 5.82 Å². The molecule has 1 amide bonds. The molecule has 0 bridgehead atoms. The summed E-state index contributed by atoms with van der Waals surface area (Å²) in [4.78, 5) is 26.5. The predicted octanol–water partition coefficient (Wildman–Crippen LogP) is 3.02. The Kier molecular flexibility index (Phi) is 5.46. The zero-order valence-corrected chi connectivity index (χ0v) is 14.3. The molecule has 0 N–H and O–H groups in total. The summed E-state index contributed by atoms with van der Waals surface area (Å²) in [5, 5.41) is 10.7. The maximum Gasteiger partial charge on any atom is 0.269 e. The molecule has 26 heavy (non-hydrogen) atoms. The van der Waals surface area contributed by atoms with E-state index < -0.39 is 4.92 Å². The van der Waals surface area contributed by atoms with Gasteiger partial charge in [0.2, 0.25) is 5.91 Å². The second kappa shape index (κ2) is 7.95. The van der Waals surface area contributed by atoms with Gasteiger partial charge in [0.25, 0.3) is 5.69 Å². The third kappa shape index (κ3) is 4.17. The van der Waals surface area contributed by atoms with Gasteiger partial charge in [-0.1, -0.05) is 18.2 Å². The molecular formula is C19H20FN3O3. The highest BCUT2D eigenvalue weighted by Gasteiger charge is 2.21. The van der Waals surface area contributed by atoms with E-state index in [4.69, 9.17) is 0 Å². The van der Waals surface area contributed by atoms with Crippen LogP contribution in [0.2, 0.25) is 0 Å². The molecule has 0 saturated carbocycles. The largest absolute Gasteiger partial charge is 0.368 e. The van der Waals surface area contributed by atoms with E-state index in [9.17, 15) is 19.3 Å². The number of nitrogens with zero attached hydrogens (tertiary/aromatic N) is 3. The minimum Gasteiger partial charge on any atom is -0.368 e. The van der Waals surface area contributed by atoms with Crippen LogP contribution in [-0.2, 0) is 11.2 Å². The van der Waals surface area contributed by atoms with Crippen LogP contribution in [0.1, 0.15) is 12.0 Å². The number of halogens is 1. The summed E-state index contributed by atoms with van der Waals surface area (Å²) in [6, 6.07) is 13.0. The summed E-state index contributed by atoms with van der Waals surface area (Å²) in [6.45, 7) is 2.52. The van der Waals surface area contributed by atoms with Crippen LogP contribution in [0.25, 0.3) is 0 Å². The number of non-ortho nitro benzene ring substituents is 1. The van der Waals surface area contributed by atoms with Crippen molar-refractivity contribution in [2.24, 2.45) is 0 Å². The fourth-order valence-corrected chi connectivity index (χ4v) is 3.10. The van der Waals surface area contributed by atoms with Crippen LogP contribution in [0.15, 0.2) is 48.5 Å². The molecule has 0 spiro atoms. The van der Waals surface area contributed by atoms with Gasteiger partial charge >= 0.3 is 0 Å². The second-order valence-corrected chi connectivity index (χ2v) is 6.23. The van der Waals surface area contributed by atoms with Crippen LogP contribution in [-0.4, -0.2) is 41.9 Å². The summed E-state index contributed by atoms with van der Waals surface area (Å²) in [6.07, 6.45) is 0.687. The van der Waals surface area contributed by atoms with E-state index in [-0.39, 0.29) is 17.4 Å². The van der Waals surface area contributed by atoms with Crippen molar-refractivity contribution in [1.29, 1.82) is 0 Å². The molecule has 0 radical (unpaired) electrons. The monoisotopic (exact) mass is 357 g/mol. The molecule has 0 atom stereocenters. The van der Waals surface area contributed by atoms with Gasteiger partial charge in [-0.05, 0) is 30.2 Å². The number of benzene rings is 2. The normalized spacial score (nSPS) is 14.3. The van der Waals surface area contributed by atoms with Crippen molar-refractivity contribution in [2.75, 3.05) is 31.1 Å². The summed E-state index contributed by atoms with van der Waals surface area (Å²) < 4.78 is 13.6. The molecule has 136 valence electrons. The molecule has 0 aromatic heterocycles. The van der Waals surface area contributed by atoms with Gasteiger partial charge in [0.05, 0.1) is 4.92 Å². The van der Waals surface area contributed by atoms with E-state index >= 15 is 0 Å². The number of aryl methyl sites for hydroxylation is 1. The highest BCUT2D eigenvalue weighted by Crippen LogP contribution is 2.21. The first-order valence-electron chi connectivity index (χ1n) is 8.55. The topological polar surface area (TPSA) is 66.7 Å². The smallest absolute Gasteiger partial charge is 0.269 e. The second-order valence-electron chi connectivity index (χ2n) is 6.23. The first-order chi connectivity index (χ1) is 12.5. The molecule has 0 aliphatic carbocycles. The number of piperazine rings is 1. The number of hydrogen-bond acceptors (Lipinski definition) is 4. The maximum atomic E-state index is 13.6. The van der Waals surface area contributed by atoms with Crippen molar-refractivity contribution >= 4 is 17.3 Å².